The molecule has 3 aromatic carbocycles. The average molecular weight is 684 g/mol. The molecular weight excluding hydrogens is 640 g/mol. The van der Waals surface area contributed by atoms with E-state index in [1.54, 1.807) is 15.6 Å². The number of halogens is 2. The Morgan fingerprint density at radius 1 is 0.900 bits per heavy atom. The van der Waals surface area contributed by atoms with E-state index in [1.165, 1.54) is 18.5 Å². The van der Waals surface area contributed by atoms with Gasteiger partial charge in [-0.2, -0.15) is 5.10 Å². The molecule has 4 heterocycles. The molecule has 262 valence electrons. The summed E-state index contributed by atoms with van der Waals surface area (Å²) >= 11 is 0. The van der Waals surface area contributed by atoms with Gasteiger partial charge in [-0.3, -0.25) is 9.13 Å². The first-order chi connectivity index (χ1) is 24.4. The fourth-order valence-corrected chi connectivity index (χ4v) is 7.35. The summed E-state index contributed by atoms with van der Waals surface area (Å²) in [7, 11) is 0. The van der Waals surface area contributed by atoms with Crippen molar-refractivity contribution < 1.29 is 18.3 Å². The molecule has 0 saturated carbocycles. The molecule has 50 heavy (non-hydrogen) atoms. The number of aromatic nitrogens is 5. The maximum absolute atomic E-state index is 15.0. The molecule has 0 unspecified atom stereocenters. The highest BCUT2D eigenvalue weighted by molar-refractivity contribution is 5.55. The molecule has 2 atom stereocenters. The Labute approximate surface area is 290 Å². The Bertz CT molecular complexity index is 1920. The van der Waals surface area contributed by atoms with Crippen LogP contribution in [0.3, 0.4) is 0 Å². The molecule has 0 spiro atoms. The monoisotopic (exact) mass is 683 g/mol. The van der Waals surface area contributed by atoms with Crippen LogP contribution in [0.5, 0.6) is 5.75 Å². The van der Waals surface area contributed by atoms with Gasteiger partial charge in [0.05, 0.1) is 25.4 Å². The van der Waals surface area contributed by atoms with Crippen molar-refractivity contribution in [3.8, 4) is 11.4 Å². The molecule has 2 aliphatic rings. The summed E-state index contributed by atoms with van der Waals surface area (Å²) in [5, 5.41) is 4.19. The lowest BCUT2D eigenvalue weighted by molar-refractivity contribution is -0.0206. The second kappa shape index (κ2) is 14.5. The third kappa shape index (κ3) is 6.89. The highest BCUT2D eigenvalue weighted by Crippen LogP contribution is 2.42. The normalized spacial score (nSPS) is 19.4. The minimum absolute atomic E-state index is 0.00117. The molecular formula is C38H43F2N7O3. The standard InChI is InChI=1S/C38H43F2N7O3/c1-3-30(4-2)46-19-20-47(37(46)48)33-8-6-31(7-9-33)43-15-17-44(18-16-43)32-10-12-34(13-11-32)49-23-28-22-38(50-24-28,25-45-27-41-26-42-45)35-14-5-29(39)21-36(35)40/h5-14,19-21,26-28,30H,3-4,15-18,22-25H2,1-2H3/t28-,38+/m1/s1. The highest BCUT2D eigenvalue weighted by Gasteiger charge is 2.44. The third-order valence-corrected chi connectivity index (χ3v) is 10.1. The summed E-state index contributed by atoms with van der Waals surface area (Å²) < 4.78 is 46.3. The van der Waals surface area contributed by atoms with Crippen molar-refractivity contribution in [2.24, 2.45) is 5.92 Å². The molecule has 2 aromatic heterocycles. The van der Waals surface area contributed by atoms with Gasteiger partial charge >= 0.3 is 5.69 Å². The number of imidazole rings is 1. The van der Waals surface area contributed by atoms with Gasteiger partial charge in [-0.25, -0.2) is 23.2 Å². The number of piperazine rings is 1. The van der Waals surface area contributed by atoms with E-state index in [0.717, 1.165) is 67.9 Å². The van der Waals surface area contributed by atoms with Gasteiger partial charge in [0.25, 0.3) is 0 Å². The Hall–Kier alpha value is -4.97. The van der Waals surface area contributed by atoms with Gasteiger partial charge in [-0.05, 0) is 73.9 Å². The van der Waals surface area contributed by atoms with Crippen molar-refractivity contribution in [1.82, 2.24) is 23.9 Å². The van der Waals surface area contributed by atoms with Gasteiger partial charge in [0.2, 0.25) is 0 Å². The SMILES string of the molecule is CCC(CC)n1ccn(-c2ccc(N3CCN(c4ccc(OC[C@@H]5CO[C@@](Cn6cncn6)(c6ccc(F)cc6F)C5)cc4)CC3)cc2)c1=O. The number of anilines is 2. The van der Waals surface area contributed by atoms with Crippen molar-refractivity contribution >= 4 is 11.4 Å². The van der Waals surface area contributed by atoms with Crippen LogP contribution in [0.2, 0.25) is 0 Å². The molecule has 10 nitrogen and oxygen atoms in total. The summed E-state index contributed by atoms with van der Waals surface area (Å²) in [6, 6.07) is 20.2. The van der Waals surface area contributed by atoms with Crippen LogP contribution in [-0.4, -0.2) is 63.3 Å². The minimum atomic E-state index is -1.01. The molecule has 5 aromatic rings. The van der Waals surface area contributed by atoms with E-state index in [2.05, 4.69) is 58.0 Å². The Kier molecular flexibility index (Phi) is 9.71. The lowest BCUT2D eigenvalue weighted by Crippen LogP contribution is -2.46. The van der Waals surface area contributed by atoms with Gasteiger partial charge < -0.3 is 19.3 Å². The minimum Gasteiger partial charge on any atom is -0.493 e. The maximum atomic E-state index is 15.0. The topological polar surface area (TPSA) is 82.6 Å². The predicted molar refractivity (Wildman–Crippen MR) is 188 cm³/mol. The fraction of sp³-hybridized carbons (Fsp3) is 0.395. The number of hydrogen-bond acceptors (Lipinski definition) is 7. The summed E-state index contributed by atoms with van der Waals surface area (Å²) in [6.07, 6.45) is 9.09. The summed E-state index contributed by atoms with van der Waals surface area (Å²) in [5.41, 5.74) is 2.46. The molecule has 2 saturated heterocycles. The zero-order valence-electron chi connectivity index (χ0n) is 28.5. The van der Waals surface area contributed by atoms with E-state index < -0.39 is 17.2 Å². The quantitative estimate of drug-likeness (QED) is 0.155. The number of hydrogen-bond donors (Lipinski definition) is 0. The summed E-state index contributed by atoms with van der Waals surface area (Å²) in [4.78, 5) is 21.8. The Balaban J connectivity index is 0.924. The molecule has 0 radical (unpaired) electrons. The molecule has 12 heteroatoms. The first kappa shape index (κ1) is 33.5. The molecule has 0 amide bonds. The zero-order valence-corrected chi connectivity index (χ0v) is 28.5. The number of benzene rings is 3. The van der Waals surface area contributed by atoms with Crippen molar-refractivity contribution in [2.45, 2.75) is 51.3 Å². The fourth-order valence-electron chi connectivity index (χ4n) is 7.35. The van der Waals surface area contributed by atoms with E-state index in [9.17, 15) is 13.6 Å². The average Bonchev–Trinajstić information content (AvgIpc) is 3.90. The summed E-state index contributed by atoms with van der Waals surface area (Å²) in [6.45, 7) is 8.79. The van der Waals surface area contributed by atoms with E-state index >= 15 is 0 Å². The molecule has 0 N–H and O–H groups in total. The van der Waals surface area contributed by atoms with Crippen LogP contribution in [-0.2, 0) is 16.9 Å². The van der Waals surface area contributed by atoms with Crippen molar-refractivity contribution in [3.63, 3.8) is 0 Å². The van der Waals surface area contributed by atoms with Crippen LogP contribution in [0.4, 0.5) is 20.2 Å². The van der Waals surface area contributed by atoms with Crippen molar-refractivity contribution in [2.75, 3.05) is 49.2 Å². The van der Waals surface area contributed by atoms with Crippen LogP contribution in [0, 0.1) is 17.6 Å². The highest BCUT2D eigenvalue weighted by atomic mass is 19.1. The van der Waals surface area contributed by atoms with Gasteiger partial charge in [-0.15, -0.1) is 0 Å². The number of nitrogens with zero attached hydrogens (tertiary/aromatic N) is 7. The van der Waals surface area contributed by atoms with Crippen LogP contribution in [0.1, 0.15) is 44.7 Å². The first-order valence-electron chi connectivity index (χ1n) is 17.4. The lowest BCUT2D eigenvalue weighted by atomic mass is 9.87. The van der Waals surface area contributed by atoms with Crippen LogP contribution in [0.25, 0.3) is 5.69 Å². The molecule has 2 fully saturated rings. The Morgan fingerprint density at radius 3 is 2.18 bits per heavy atom. The number of ether oxygens (including phenoxy) is 2. The van der Waals surface area contributed by atoms with Crippen molar-refractivity contribution in [1.29, 1.82) is 0 Å². The van der Waals surface area contributed by atoms with E-state index in [-0.39, 0.29) is 24.2 Å². The molecule has 7 rings (SSSR count). The van der Waals surface area contributed by atoms with Crippen LogP contribution < -0.4 is 20.2 Å². The van der Waals surface area contributed by atoms with Gasteiger partial charge in [0.1, 0.15) is 35.6 Å². The lowest BCUT2D eigenvalue weighted by Gasteiger charge is -2.37. The van der Waals surface area contributed by atoms with E-state index in [1.807, 2.05) is 41.2 Å². The zero-order chi connectivity index (χ0) is 34.7. The second-order valence-corrected chi connectivity index (χ2v) is 13.2. The largest absolute Gasteiger partial charge is 0.493 e. The molecule has 0 aliphatic carbocycles. The van der Waals surface area contributed by atoms with E-state index in [0.29, 0.717) is 25.2 Å². The predicted octanol–water partition coefficient (Wildman–Crippen LogP) is 6.21. The molecule has 2 aliphatic heterocycles. The molecule has 0 bridgehead atoms. The van der Waals surface area contributed by atoms with Crippen LogP contribution >= 0.6 is 0 Å². The van der Waals surface area contributed by atoms with E-state index in [4.69, 9.17) is 9.47 Å². The summed E-state index contributed by atoms with van der Waals surface area (Å²) in [5.74, 6) is -0.516. The Morgan fingerprint density at radius 2 is 1.56 bits per heavy atom. The van der Waals surface area contributed by atoms with Gasteiger partial charge in [0, 0.05) is 73.5 Å². The van der Waals surface area contributed by atoms with Crippen molar-refractivity contribution in [3.05, 3.63) is 119 Å². The first-order valence-corrected chi connectivity index (χ1v) is 17.4. The second-order valence-electron chi connectivity index (χ2n) is 13.2. The van der Waals surface area contributed by atoms with Gasteiger partial charge in [0.15, 0.2) is 0 Å². The van der Waals surface area contributed by atoms with Crippen LogP contribution in [0.15, 0.2) is 96.6 Å². The smallest absolute Gasteiger partial charge is 0.332 e. The maximum Gasteiger partial charge on any atom is 0.332 e. The van der Waals surface area contributed by atoms with Gasteiger partial charge in [-0.1, -0.05) is 19.9 Å². The third-order valence-electron chi connectivity index (χ3n) is 10.1. The number of rotatable bonds is 12.